The molecule has 2 aliphatic heterocycles. The maximum Gasteiger partial charge on any atom is 0.246 e. The first-order valence-electron chi connectivity index (χ1n) is 11.0. The third kappa shape index (κ3) is 6.34. The number of ether oxygens (including phenoxy) is 1. The van der Waals surface area contributed by atoms with Gasteiger partial charge in [-0.1, -0.05) is 13.8 Å². The van der Waals surface area contributed by atoms with Crippen LogP contribution in [0.5, 0.6) is 0 Å². The molecule has 1 amide bonds. The first-order chi connectivity index (χ1) is 13.8. The summed E-state index contributed by atoms with van der Waals surface area (Å²) in [4.78, 5) is 17.3. The van der Waals surface area contributed by atoms with Crippen LogP contribution in [0, 0.1) is 11.8 Å². The first kappa shape index (κ1) is 22.4. The van der Waals surface area contributed by atoms with Gasteiger partial charge in [0.2, 0.25) is 5.91 Å². The summed E-state index contributed by atoms with van der Waals surface area (Å²) in [5.41, 5.74) is 6.61. The molecule has 2 heterocycles. The van der Waals surface area contributed by atoms with E-state index in [0.717, 1.165) is 19.3 Å². The molecule has 5 atom stereocenters. The summed E-state index contributed by atoms with van der Waals surface area (Å²) in [6, 6.07) is -0.109. The molecule has 0 radical (unpaired) electrons. The molecule has 5 unspecified atom stereocenters. The molecule has 1 aliphatic carbocycles. The summed E-state index contributed by atoms with van der Waals surface area (Å²) in [6.45, 7) is 8.57. The lowest BCUT2D eigenvalue weighted by molar-refractivity contribution is -0.122. The maximum absolute atomic E-state index is 13.4. The van der Waals surface area contributed by atoms with Gasteiger partial charge in [-0.2, -0.15) is 0 Å². The van der Waals surface area contributed by atoms with Crippen molar-refractivity contribution in [3.8, 4) is 0 Å². The van der Waals surface area contributed by atoms with Crippen molar-refractivity contribution in [1.29, 1.82) is 0 Å². The fourth-order valence-corrected chi connectivity index (χ4v) is 4.34. The van der Waals surface area contributed by atoms with Gasteiger partial charge in [0, 0.05) is 12.6 Å². The van der Waals surface area contributed by atoms with Crippen molar-refractivity contribution in [2.24, 2.45) is 16.8 Å². The van der Waals surface area contributed by atoms with Crippen molar-refractivity contribution in [3.63, 3.8) is 0 Å². The number of carbonyl (C=O) groups is 1. The highest BCUT2D eigenvalue weighted by Gasteiger charge is 2.36. The molecule has 3 fully saturated rings. The van der Waals surface area contributed by atoms with Gasteiger partial charge in [-0.15, -0.1) is 0 Å². The quantitative estimate of drug-likeness (QED) is 0.343. The fourth-order valence-electron chi connectivity index (χ4n) is 4.34. The second-order valence-corrected chi connectivity index (χ2v) is 9.04. The molecule has 1 saturated carbocycles. The van der Waals surface area contributed by atoms with E-state index >= 15 is 0 Å². The molecule has 166 valence electrons. The molecule has 29 heavy (non-hydrogen) atoms. The van der Waals surface area contributed by atoms with Crippen LogP contribution in [-0.4, -0.2) is 55.2 Å². The highest BCUT2D eigenvalue weighted by Crippen LogP contribution is 2.30. The van der Waals surface area contributed by atoms with E-state index in [9.17, 15) is 9.18 Å². The fraction of sp³-hybridized carbons (Fsp3) is 0.900. The average Bonchev–Trinajstić information content (AvgIpc) is 3.26. The van der Waals surface area contributed by atoms with Gasteiger partial charge >= 0.3 is 0 Å². The van der Waals surface area contributed by atoms with Crippen LogP contribution in [0.4, 0.5) is 4.39 Å². The summed E-state index contributed by atoms with van der Waals surface area (Å²) in [5.74, 6) is 1.19. The third-order valence-electron chi connectivity index (χ3n) is 5.96. The molecule has 0 aromatic rings. The normalized spacial score (nSPS) is 38.4. The lowest BCUT2D eigenvalue weighted by atomic mass is 9.82. The van der Waals surface area contributed by atoms with Crippen LogP contribution in [0.2, 0.25) is 0 Å². The lowest BCUT2D eigenvalue weighted by Gasteiger charge is -2.28. The van der Waals surface area contributed by atoms with Crippen LogP contribution in [0.1, 0.15) is 59.8 Å². The number of hydrazine groups is 1. The Morgan fingerprint density at radius 2 is 1.93 bits per heavy atom. The van der Waals surface area contributed by atoms with Gasteiger partial charge in [0.15, 0.2) is 5.96 Å². The van der Waals surface area contributed by atoms with Crippen molar-refractivity contribution < 1.29 is 13.9 Å². The number of aliphatic imine (C=N–C) groups is 1. The van der Waals surface area contributed by atoms with Crippen LogP contribution in [0.25, 0.3) is 0 Å². The smallest absolute Gasteiger partial charge is 0.246 e. The highest BCUT2D eigenvalue weighted by molar-refractivity contribution is 5.99. The van der Waals surface area contributed by atoms with E-state index in [1.54, 1.807) is 0 Å². The molecular formula is C20H37FN6O2. The summed E-state index contributed by atoms with van der Waals surface area (Å²) in [6.07, 6.45) is 2.98. The Bertz CT molecular complexity index is 581. The van der Waals surface area contributed by atoms with Crippen LogP contribution in [-0.2, 0) is 9.53 Å². The number of carbonyl (C=O) groups excluding carboxylic acids is 1. The molecular weight excluding hydrogens is 375 g/mol. The third-order valence-corrected chi connectivity index (χ3v) is 5.96. The molecule has 3 rings (SSSR count). The largest absolute Gasteiger partial charge is 0.359 e. The Labute approximate surface area is 173 Å². The number of guanidine groups is 1. The molecule has 3 aliphatic rings. The van der Waals surface area contributed by atoms with Gasteiger partial charge in [-0.05, 0) is 57.8 Å². The predicted octanol–water partition coefficient (Wildman–Crippen LogP) is 1.15. The zero-order valence-electron chi connectivity index (χ0n) is 18.0. The number of amides is 1. The minimum atomic E-state index is -0.641. The predicted molar refractivity (Wildman–Crippen MR) is 111 cm³/mol. The van der Waals surface area contributed by atoms with Gasteiger partial charge in [-0.3, -0.25) is 25.8 Å². The van der Waals surface area contributed by atoms with Crippen LogP contribution in [0.3, 0.4) is 0 Å². The number of nitrogens with one attached hydrogen (secondary N) is 5. The summed E-state index contributed by atoms with van der Waals surface area (Å²) >= 11 is 0. The summed E-state index contributed by atoms with van der Waals surface area (Å²) in [7, 11) is 0. The van der Waals surface area contributed by atoms with Crippen molar-refractivity contribution in [1.82, 2.24) is 26.8 Å². The second-order valence-electron chi connectivity index (χ2n) is 9.04. The van der Waals surface area contributed by atoms with Crippen LogP contribution >= 0.6 is 0 Å². The SMILES string of the molecule is CC(C)CN=C(NC(=O)C1NC(C)OC1C)NC1CC(C2CCC(F)CC2)NN1. The van der Waals surface area contributed by atoms with E-state index in [1.165, 1.54) is 0 Å². The van der Waals surface area contributed by atoms with E-state index < -0.39 is 12.2 Å². The second kappa shape index (κ2) is 10.1. The van der Waals surface area contributed by atoms with Crippen molar-refractivity contribution in [3.05, 3.63) is 0 Å². The number of hydrogen-bond acceptors (Lipinski definition) is 6. The highest BCUT2D eigenvalue weighted by atomic mass is 19.1. The van der Waals surface area contributed by atoms with E-state index in [4.69, 9.17) is 4.74 Å². The Balaban J connectivity index is 1.55. The van der Waals surface area contributed by atoms with Crippen LogP contribution < -0.4 is 26.8 Å². The van der Waals surface area contributed by atoms with Gasteiger partial charge in [0.1, 0.15) is 18.4 Å². The summed E-state index contributed by atoms with van der Waals surface area (Å²) in [5, 5.41) is 9.41. The van der Waals surface area contributed by atoms with E-state index in [2.05, 4.69) is 45.6 Å². The maximum atomic E-state index is 13.4. The van der Waals surface area contributed by atoms with E-state index in [1.807, 2.05) is 13.8 Å². The zero-order chi connectivity index (χ0) is 21.0. The average molecular weight is 413 g/mol. The standard InChI is InChI=1S/C20H37FN6O2/c1-11(2)10-22-20(25-19(28)18-12(3)29-13(4)23-18)24-17-9-16(26-27-17)14-5-7-15(21)8-6-14/h11-18,23,26-27H,5-10H2,1-4H3,(H2,22,24,25,28). The van der Waals surface area contributed by atoms with E-state index in [0.29, 0.717) is 43.2 Å². The minimum Gasteiger partial charge on any atom is -0.359 e. The number of halogens is 1. The zero-order valence-corrected chi connectivity index (χ0v) is 18.0. The number of hydrogen-bond donors (Lipinski definition) is 5. The molecule has 0 aromatic carbocycles. The summed E-state index contributed by atoms with van der Waals surface area (Å²) < 4.78 is 19.0. The number of alkyl halides is 1. The van der Waals surface area contributed by atoms with Gasteiger partial charge < -0.3 is 10.1 Å². The Morgan fingerprint density at radius 3 is 2.55 bits per heavy atom. The van der Waals surface area contributed by atoms with Crippen LogP contribution in [0.15, 0.2) is 4.99 Å². The van der Waals surface area contributed by atoms with Gasteiger partial charge in [-0.25, -0.2) is 9.82 Å². The molecule has 2 saturated heterocycles. The molecule has 0 aromatic heterocycles. The topological polar surface area (TPSA) is 98.8 Å². The lowest BCUT2D eigenvalue weighted by Crippen LogP contribution is -2.55. The number of rotatable bonds is 5. The number of nitrogens with zero attached hydrogens (tertiary/aromatic N) is 1. The minimum absolute atomic E-state index is 0.0431. The van der Waals surface area contributed by atoms with E-state index in [-0.39, 0.29) is 24.4 Å². The molecule has 9 heteroatoms. The Kier molecular flexibility index (Phi) is 7.84. The Hall–Kier alpha value is -1.29. The molecule has 8 nitrogen and oxygen atoms in total. The monoisotopic (exact) mass is 412 g/mol. The molecule has 0 bridgehead atoms. The Morgan fingerprint density at radius 1 is 1.21 bits per heavy atom. The van der Waals surface area contributed by atoms with Crippen molar-refractivity contribution in [2.45, 2.75) is 96.6 Å². The van der Waals surface area contributed by atoms with Gasteiger partial charge in [0.25, 0.3) is 0 Å². The molecule has 5 N–H and O–H groups in total. The van der Waals surface area contributed by atoms with Gasteiger partial charge in [0.05, 0.1) is 12.3 Å². The van der Waals surface area contributed by atoms with Crippen molar-refractivity contribution in [2.75, 3.05) is 6.54 Å². The first-order valence-corrected chi connectivity index (χ1v) is 11.0. The molecule has 0 spiro atoms. The van der Waals surface area contributed by atoms with Crippen molar-refractivity contribution >= 4 is 11.9 Å².